The molecule has 0 saturated carbocycles. The molecule has 7 heteroatoms. The summed E-state index contributed by atoms with van der Waals surface area (Å²) < 4.78 is 6.38. The Morgan fingerprint density at radius 3 is 3.00 bits per heavy atom. The molecular weight excluding hydrogens is 338 g/mol. The molecule has 0 unspecified atom stereocenters. The van der Waals surface area contributed by atoms with E-state index < -0.39 is 0 Å². The van der Waals surface area contributed by atoms with Gasteiger partial charge >= 0.3 is 0 Å². The Hall–Kier alpha value is -2.67. The van der Waals surface area contributed by atoms with Crippen LogP contribution in [-0.4, -0.2) is 28.2 Å². The van der Waals surface area contributed by atoms with E-state index in [0.717, 1.165) is 21.0 Å². The van der Waals surface area contributed by atoms with Crippen molar-refractivity contribution < 1.29 is 14.0 Å². The van der Waals surface area contributed by atoms with E-state index in [0.29, 0.717) is 19.6 Å². The molecule has 3 heterocycles. The number of nitrogens with zero attached hydrogens (tertiary/aromatic N) is 2. The Balaban J connectivity index is 1.34. The molecule has 2 amide bonds. The number of carbonyl (C=O) groups excluding carboxylic acids is 2. The molecular formula is C18H17N3O3S. The van der Waals surface area contributed by atoms with Crippen LogP contribution in [0.5, 0.6) is 0 Å². The third-order valence-electron chi connectivity index (χ3n) is 4.26. The number of hydrogen-bond acceptors (Lipinski definition) is 5. The molecule has 4 rings (SSSR count). The fourth-order valence-corrected chi connectivity index (χ4v) is 3.90. The lowest BCUT2D eigenvalue weighted by Crippen LogP contribution is -2.32. The highest BCUT2D eigenvalue weighted by Gasteiger charge is 2.34. The maximum absolute atomic E-state index is 12.4. The van der Waals surface area contributed by atoms with Gasteiger partial charge in [-0.2, -0.15) is 0 Å². The van der Waals surface area contributed by atoms with Crippen LogP contribution in [-0.2, 0) is 22.7 Å². The fourth-order valence-electron chi connectivity index (χ4n) is 2.99. The molecule has 0 radical (unpaired) electrons. The smallest absolute Gasteiger partial charge is 0.225 e. The van der Waals surface area contributed by atoms with Crippen LogP contribution < -0.4 is 5.32 Å². The van der Waals surface area contributed by atoms with Gasteiger partial charge < -0.3 is 14.6 Å². The number of furan rings is 1. The highest BCUT2D eigenvalue weighted by molar-refractivity contribution is 7.18. The molecule has 2 aromatic heterocycles. The summed E-state index contributed by atoms with van der Waals surface area (Å²) in [4.78, 5) is 30.7. The quantitative estimate of drug-likeness (QED) is 0.763. The van der Waals surface area contributed by atoms with Crippen LogP contribution in [0, 0.1) is 5.92 Å². The van der Waals surface area contributed by atoms with Crippen LogP contribution in [0.2, 0.25) is 0 Å². The standard InChI is InChI=1S/C18H17N3O3S/c22-17-8-12(10-21(17)11-13-4-3-7-24-13)18(23)19-9-16-20-14-5-1-2-6-15(14)25-16/h1-7,12H,8-11H2,(H,19,23)/t12-/m1/s1. The van der Waals surface area contributed by atoms with Gasteiger partial charge in [0.15, 0.2) is 0 Å². The van der Waals surface area contributed by atoms with Gasteiger partial charge in [0.1, 0.15) is 10.8 Å². The van der Waals surface area contributed by atoms with E-state index in [1.54, 1.807) is 28.6 Å². The average Bonchev–Trinajstić information content (AvgIpc) is 3.33. The highest BCUT2D eigenvalue weighted by atomic mass is 32.1. The van der Waals surface area contributed by atoms with Crippen molar-refractivity contribution in [2.75, 3.05) is 6.54 Å². The molecule has 0 spiro atoms. The van der Waals surface area contributed by atoms with E-state index in [1.807, 2.05) is 30.3 Å². The van der Waals surface area contributed by atoms with Gasteiger partial charge in [0, 0.05) is 13.0 Å². The first-order valence-electron chi connectivity index (χ1n) is 8.11. The van der Waals surface area contributed by atoms with Gasteiger partial charge in [-0.3, -0.25) is 9.59 Å². The second-order valence-electron chi connectivity index (χ2n) is 6.05. The van der Waals surface area contributed by atoms with Crippen LogP contribution in [0.1, 0.15) is 17.2 Å². The Morgan fingerprint density at radius 1 is 1.32 bits per heavy atom. The van der Waals surface area contributed by atoms with E-state index in [-0.39, 0.29) is 24.2 Å². The number of nitrogens with one attached hydrogen (secondary N) is 1. The van der Waals surface area contributed by atoms with Crippen molar-refractivity contribution in [3.63, 3.8) is 0 Å². The zero-order valence-corrected chi connectivity index (χ0v) is 14.3. The van der Waals surface area contributed by atoms with Gasteiger partial charge in [-0.25, -0.2) is 4.98 Å². The van der Waals surface area contributed by atoms with Gasteiger partial charge in [-0.15, -0.1) is 11.3 Å². The summed E-state index contributed by atoms with van der Waals surface area (Å²) in [5, 5.41) is 3.78. The molecule has 1 saturated heterocycles. The van der Waals surface area contributed by atoms with Gasteiger partial charge in [0.05, 0.1) is 35.5 Å². The summed E-state index contributed by atoms with van der Waals surface area (Å²) in [5.41, 5.74) is 0.942. The maximum atomic E-state index is 12.4. The molecule has 0 bridgehead atoms. The van der Waals surface area contributed by atoms with Crippen molar-refractivity contribution in [2.24, 2.45) is 5.92 Å². The Kier molecular flexibility index (Phi) is 4.23. The molecule has 1 fully saturated rings. The second-order valence-corrected chi connectivity index (χ2v) is 7.16. The number of likely N-dealkylation sites (tertiary alicyclic amines) is 1. The molecule has 3 aromatic rings. The van der Waals surface area contributed by atoms with E-state index >= 15 is 0 Å². The first-order valence-corrected chi connectivity index (χ1v) is 8.93. The SMILES string of the molecule is O=C(NCc1nc2ccccc2s1)[C@@H]1CC(=O)N(Cc2ccco2)C1. The predicted octanol–water partition coefficient (Wildman–Crippen LogP) is 2.55. The Bertz CT molecular complexity index is 870. The molecule has 1 atom stereocenters. The van der Waals surface area contributed by atoms with Crippen molar-refractivity contribution in [1.82, 2.24) is 15.2 Å². The summed E-state index contributed by atoms with van der Waals surface area (Å²) >= 11 is 1.57. The van der Waals surface area contributed by atoms with Gasteiger partial charge in [-0.05, 0) is 24.3 Å². The summed E-state index contributed by atoms with van der Waals surface area (Å²) in [6, 6.07) is 11.5. The number of thiazole rings is 1. The van der Waals surface area contributed by atoms with Crippen LogP contribution >= 0.6 is 11.3 Å². The predicted molar refractivity (Wildman–Crippen MR) is 93.7 cm³/mol. The van der Waals surface area contributed by atoms with Crippen LogP contribution in [0.15, 0.2) is 47.1 Å². The van der Waals surface area contributed by atoms with Crippen LogP contribution in [0.3, 0.4) is 0 Å². The first-order chi connectivity index (χ1) is 12.2. The lowest BCUT2D eigenvalue weighted by molar-refractivity contribution is -0.129. The van der Waals surface area contributed by atoms with Crippen LogP contribution in [0.25, 0.3) is 10.2 Å². The van der Waals surface area contributed by atoms with Crippen LogP contribution in [0.4, 0.5) is 0 Å². The Labute approximate surface area is 148 Å². The third-order valence-corrected chi connectivity index (χ3v) is 5.30. The molecule has 0 aliphatic carbocycles. The average molecular weight is 355 g/mol. The minimum atomic E-state index is -0.322. The zero-order chi connectivity index (χ0) is 17.2. The van der Waals surface area contributed by atoms with Gasteiger partial charge in [0.25, 0.3) is 0 Å². The van der Waals surface area contributed by atoms with E-state index in [2.05, 4.69) is 10.3 Å². The molecule has 1 N–H and O–H groups in total. The number of rotatable bonds is 5. The van der Waals surface area contributed by atoms with Crippen molar-refractivity contribution in [2.45, 2.75) is 19.5 Å². The third kappa shape index (κ3) is 3.41. The Morgan fingerprint density at radius 2 is 2.20 bits per heavy atom. The molecule has 25 heavy (non-hydrogen) atoms. The lowest BCUT2D eigenvalue weighted by atomic mass is 10.1. The van der Waals surface area contributed by atoms with E-state index in [1.165, 1.54) is 0 Å². The molecule has 6 nitrogen and oxygen atoms in total. The number of fused-ring (bicyclic) bond motifs is 1. The molecule has 1 aliphatic rings. The fraction of sp³-hybridized carbons (Fsp3) is 0.278. The summed E-state index contributed by atoms with van der Waals surface area (Å²) in [6.45, 7) is 1.22. The molecule has 1 aromatic carbocycles. The summed E-state index contributed by atoms with van der Waals surface area (Å²) in [7, 11) is 0. The van der Waals surface area contributed by atoms with Gasteiger partial charge in [-0.1, -0.05) is 12.1 Å². The van der Waals surface area contributed by atoms with Crippen molar-refractivity contribution in [3.8, 4) is 0 Å². The van der Waals surface area contributed by atoms with E-state index in [9.17, 15) is 9.59 Å². The first kappa shape index (κ1) is 15.8. The van der Waals surface area contributed by atoms with E-state index in [4.69, 9.17) is 4.42 Å². The zero-order valence-electron chi connectivity index (χ0n) is 13.5. The van der Waals surface area contributed by atoms with Crippen molar-refractivity contribution in [3.05, 3.63) is 53.4 Å². The summed E-state index contributed by atoms with van der Waals surface area (Å²) in [6.07, 6.45) is 1.82. The highest BCUT2D eigenvalue weighted by Crippen LogP contribution is 2.23. The largest absolute Gasteiger partial charge is 0.467 e. The number of para-hydroxylation sites is 1. The number of amides is 2. The van der Waals surface area contributed by atoms with Crippen molar-refractivity contribution >= 4 is 33.4 Å². The maximum Gasteiger partial charge on any atom is 0.225 e. The topological polar surface area (TPSA) is 75.4 Å². The minimum Gasteiger partial charge on any atom is -0.467 e. The summed E-state index contributed by atoms with van der Waals surface area (Å²) in [5.74, 6) is 0.284. The number of benzene rings is 1. The normalized spacial score (nSPS) is 17.4. The number of aromatic nitrogens is 1. The van der Waals surface area contributed by atoms with Crippen molar-refractivity contribution in [1.29, 1.82) is 0 Å². The number of hydrogen-bond donors (Lipinski definition) is 1. The van der Waals surface area contributed by atoms with Gasteiger partial charge in [0.2, 0.25) is 11.8 Å². The second kappa shape index (κ2) is 6.68. The molecule has 1 aliphatic heterocycles. The molecule has 128 valence electrons. The minimum absolute atomic E-state index is 0.0171. The lowest BCUT2D eigenvalue weighted by Gasteiger charge is -2.14. The number of carbonyl (C=O) groups is 2. The monoisotopic (exact) mass is 355 g/mol.